The van der Waals surface area contributed by atoms with E-state index in [4.69, 9.17) is 56.8 Å². The summed E-state index contributed by atoms with van der Waals surface area (Å²) >= 11 is 0. The summed E-state index contributed by atoms with van der Waals surface area (Å²) in [7, 11) is 0. The molecule has 6 saturated heterocycles. The molecule has 31 heteroatoms. The van der Waals surface area contributed by atoms with Crippen molar-refractivity contribution in [3.63, 3.8) is 0 Å². The highest BCUT2D eigenvalue weighted by atomic mass is 16.8. The van der Waals surface area contributed by atoms with Gasteiger partial charge in [0, 0.05) is 6.42 Å². The number of rotatable bonds is 22. The Morgan fingerprint density at radius 1 is 0.521 bits per heavy atom. The summed E-state index contributed by atoms with van der Waals surface area (Å²) in [6.45, 7) is 10.2. The van der Waals surface area contributed by atoms with Gasteiger partial charge in [-0.3, -0.25) is 4.79 Å². The van der Waals surface area contributed by atoms with Crippen LogP contribution in [-0.4, -0.2) is 316 Å². The molecule has 0 spiro atoms. The van der Waals surface area contributed by atoms with Crippen LogP contribution in [0.1, 0.15) is 119 Å². The van der Waals surface area contributed by atoms with Gasteiger partial charge in [0.25, 0.3) is 0 Å². The van der Waals surface area contributed by atoms with Crippen LogP contribution < -0.4 is 0 Å². The molecule has 2 saturated carbocycles. The quantitative estimate of drug-likeness (QED) is 0.0462. The fourth-order valence-electron chi connectivity index (χ4n) is 18.2. The van der Waals surface area contributed by atoms with Crippen LogP contribution in [0.5, 0.6) is 0 Å². The minimum atomic E-state index is -2.14. The molecule has 0 aromatic carbocycles. The van der Waals surface area contributed by atoms with Crippen molar-refractivity contribution in [3.05, 3.63) is 22.8 Å². The van der Waals surface area contributed by atoms with Crippen molar-refractivity contribution in [2.75, 3.05) is 39.6 Å². The number of aliphatic carboxylic acids is 1. The Bertz CT molecular complexity index is 2650. The molecule has 35 atom stereocenters. The van der Waals surface area contributed by atoms with E-state index in [1.54, 1.807) is 0 Å². The van der Waals surface area contributed by atoms with Crippen LogP contribution >= 0.6 is 0 Å². The number of hydrogen-bond acceptors (Lipinski definition) is 30. The van der Waals surface area contributed by atoms with Crippen LogP contribution in [0.25, 0.3) is 0 Å². The molecule has 6 aliphatic heterocycles. The van der Waals surface area contributed by atoms with Crippen molar-refractivity contribution in [2.45, 2.75) is 297 Å². The fourth-order valence-corrected chi connectivity index (χ4v) is 18.2. The standard InChI is InChI=1S/C65H106O31/c1-26(2)9-8-10-27(3)29-14-18-65(61(83)84)31-11-12-38-62(4,5)39(15-16-63(38,6)30(31)13-17-64(29,65)7)92-59-54(96-58-49(81)45(77)41(73)35(22-68)89-58)51(32(71)25-85-59)93-55-43(75)33(19-28(20-66)86-55)87-56-50(82)47(79)52(37(24-70)91-56)94-60-53(46(78)42(74)36(23-69)90-60)95-57-48(80)44(76)40(72)34(21-67)88-57/h9,27-29,32-60,66-82H,8,10-25H2,1-7H3,(H,83,84). The lowest BCUT2D eigenvalue weighted by molar-refractivity contribution is -0.398. The number of carboxylic acids is 1. The molecular weight excluding hydrogens is 1280 g/mol. The molecule has 0 radical (unpaired) electrons. The van der Waals surface area contributed by atoms with Crippen molar-refractivity contribution < 1.29 is 154 Å². The molecule has 10 aliphatic rings. The van der Waals surface area contributed by atoms with Gasteiger partial charge in [-0.2, -0.15) is 0 Å². The van der Waals surface area contributed by atoms with E-state index >= 15 is 0 Å². The second-order valence-corrected chi connectivity index (χ2v) is 29.7. The zero-order valence-electron chi connectivity index (χ0n) is 55.4. The first-order chi connectivity index (χ1) is 45.4. The van der Waals surface area contributed by atoms with E-state index in [-0.39, 0.29) is 18.3 Å². The number of carbonyl (C=O) groups is 1. The number of ether oxygens (including phenoxy) is 12. The predicted octanol–water partition coefficient (Wildman–Crippen LogP) is -3.84. The van der Waals surface area contributed by atoms with Gasteiger partial charge in [0.2, 0.25) is 0 Å². The van der Waals surface area contributed by atoms with E-state index in [1.165, 1.54) is 11.1 Å². The van der Waals surface area contributed by atoms with Crippen molar-refractivity contribution in [3.8, 4) is 0 Å². The van der Waals surface area contributed by atoms with Crippen molar-refractivity contribution in [2.24, 2.45) is 39.4 Å². The van der Waals surface area contributed by atoms with Gasteiger partial charge in [0.1, 0.15) is 122 Å². The maximum Gasteiger partial charge on any atom is 0.314 e. The molecule has 4 aliphatic carbocycles. The average Bonchev–Trinajstić information content (AvgIpc) is 1.48. The summed E-state index contributed by atoms with van der Waals surface area (Å²) in [5, 5.41) is 197. The lowest BCUT2D eigenvalue weighted by Crippen LogP contribution is -2.67. The number of hydrogen-bond donors (Lipinski definition) is 18. The van der Waals surface area contributed by atoms with Gasteiger partial charge in [-0.1, -0.05) is 57.4 Å². The molecule has 0 aromatic rings. The molecule has 0 aromatic heterocycles. The molecule has 96 heavy (non-hydrogen) atoms. The number of carboxylic acid groups (broad SMARTS) is 1. The van der Waals surface area contributed by atoms with Gasteiger partial charge in [0.05, 0.1) is 63.4 Å². The van der Waals surface area contributed by atoms with Crippen LogP contribution in [0, 0.1) is 39.4 Å². The molecule has 18 N–H and O–H groups in total. The molecule has 35 unspecified atom stereocenters. The summed E-state index contributed by atoms with van der Waals surface area (Å²) in [5.41, 5.74) is 0.988. The molecule has 8 fully saturated rings. The molecule has 6 heterocycles. The highest BCUT2D eigenvalue weighted by Gasteiger charge is 2.69. The Morgan fingerprint density at radius 3 is 1.62 bits per heavy atom. The summed E-state index contributed by atoms with van der Waals surface area (Å²) < 4.78 is 73.0. The molecule has 552 valence electrons. The van der Waals surface area contributed by atoms with Crippen LogP contribution in [0.15, 0.2) is 22.8 Å². The van der Waals surface area contributed by atoms with Gasteiger partial charge < -0.3 is 149 Å². The summed E-state index contributed by atoms with van der Waals surface area (Å²) in [6.07, 6.45) is -42.3. The largest absolute Gasteiger partial charge is 0.481 e. The normalized spacial score (nSPS) is 50.1. The van der Waals surface area contributed by atoms with Crippen LogP contribution in [0.4, 0.5) is 0 Å². The topological polar surface area (TPSA) is 492 Å². The molecule has 10 rings (SSSR count). The average molecular weight is 1380 g/mol. The third-order valence-electron chi connectivity index (χ3n) is 23.6. The Morgan fingerprint density at radius 2 is 1.04 bits per heavy atom. The highest BCUT2D eigenvalue weighted by Crippen LogP contribution is 2.73. The number of allylic oxidation sites excluding steroid dienone is 3. The summed E-state index contributed by atoms with van der Waals surface area (Å²) in [6, 6.07) is 0. The van der Waals surface area contributed by atoms with Crippen LogP contribution in [-0.2, 0) is 61.6 Å². The fraction of sp³-hybridized carbons (Fsp3) is 0.923. The van der Waals surface area contributed by atoms with E-state index in [0.29, 0.717) is 38.0 Å². The van der Waals surface area contributed by atoms with Crippen molar-refractivity contribution in [1.29, 1.82) is 0 Å². The zero-order chi connectivity index (χ0) is 70.0. The van der Waals surface area contributed by atoms with Crippen molar-refractivity contribution in [1.82, 2.24) is 0 Å². The maximum absolute atomic E-state index is 14.1. The third-order valence-corrected chi connectivity index (χ3v) is 23.6. The predicted molar refractivity (Wildman–Crippen MR) is 323 cm³/mol. The molecular formula is C65H106O31. The first kappa shape index (κ1) is 76.4. The van der Waals surface area contributed by atoms with E-state index in [9.17, 15) is 96.7 Å². The Hall–Kier alpha value is -2.21. The maximum atomic E-state index is 14.1. The van der Waals surface area contributed by atoms with E-state index in [2.05, 4.69) is 54.5 Å². The first-order valence-electron chi connectivity index (χ1n) is 34.0. The zero-order valence-corrected chi connectivity index (χ0v) is 55.4. The Kier molecular flexibility index (Phi) is 24.4. The number of aliphatic hydroxyl groups is 17. The van der Waals surface area contributed by atoms with Gasteiger partial charge in [-0.25, -0.2) is 0 Å². The molecule has 31 nitrogen and oxygen atoms in total. The lowest BCUT2D eigenvalue weighted by atomic mass is 9.43. The Labute approximate surface area is 556 Å². The molecule has 0 amide bonds. The van der Waals surface area contributed by atoms with E-state index in [1.807, 2.05) is 0 Å². The second kappa shape index (κ2) is 30.6. The smallest absolute Gasteiger partial charge is 0.314 e. The van der Waals surface area contributed by atoms with E-state index < -0.39 is 245 Å². The SMILES string of the molecule is CC(C)=CCCC(C)C1CCC2(C(=O)O)C3=C(CCC12C)C1(C)CCC(OC2OCC(O)C(OC4OC(CO)CC(OC5OC(CO)C(OC6OC(CO)C(O)C(O)C6OC6OC(CO)C(O)C(O)C6O)C(O)C5O)C4O)C2OC2OC(CO)C(O)C(O)C2O)C(C)(C)C1CC3. The van der Waals surface area contributed by atoms with Gasteiger partial charge >= 0.3 is 5.97 Å². The van der Waals surface area contributed by atoms with Crippen LogP contribution in [0.2, 0.25) is 0 Å². The molecule has 0 bridgehead atoms. The summed E-state index contributed by atoms with van der Waals surface area (Å²) in [5.74, 6) is -0.245. The van der Waals surface area contributed by atoms with Gasteiger partial charge in [-0.05, 0) is 112 Å². The van der Waals surface area contributed by atoms with Gasteiger partial charge in [0.15, 0.2) is 37.7 Å². The highest BCUT2D eigenvalue weighted by molar-refractivity contribution is 5.82. The van der Waals surface area contributed by atoms with E-state index in [0.717, 1.165) is 37.7 Å². The summed E-state index contributed by atoms with van der Waals surface area (Å²) in [4.78, 5) is 14.1. The monoisotopic (exact) mass is 1380 g/mol. The van der Waals surface area contributed by atoms with Crippen molar-refractivity contribution >= 4 is 5.97 Å². The number of aliphatic hydroxyl groups excluding tert-OH is 17. The van der Waals surface area contributed by atoms with Gasteiger partial charge in [-0.15, -0.1) is 0 Å². The second-order valence-electron chi connectivity index (χ2n) is 29.7. The minimum absolute atomic E-state index is 0.0458. The minimum Gasteiger partial charge on any atom is -0.481 e. The van der Waals surface area contributed by atoms with Crippen LogP contribution in [0.3, 0.4) is 0 Å². The number of fused-ring (bicyclic) bond motifs is 4. The third kappa shape index (κ3) is 14.0. The first-order valence-corrected chi connectivity index (χ1v) is 34.0. The lowest BCUT2D eigenvalue weighted by Gasteiger charge is -2.62. The Balaban J connectivity index is 0.870.